The van der Waals surface area contributed by atoms with E-state index < -0.39 is 0 Å². The van der Waals surface area contributed by atoms with Crippen molar-refractivity contribution in [2.24, 2.45) is 23.2 Å². The van der Waals surface area contributed by atoms with Crippen molar-refractivity contribution in [3.63, 3.8) is 0 Å². The second kappa shape index (κ2) is 6.77. The fourth-order valence-corrected chi connectivity index (χ4v) is 6.44. The van der Waals surface area contributed by atoms with Gasteiger partial charge in [-0.1, -0.05) is 23.2 Å². The first-order valence-electron chi connectivity index (χ1n) is 9.59. The van der Waals surface area contributed by atoms with Crippen LogP contribution >= 0.6 is 23.2 Å². The first-order valence-corrected chi connectivity index (χ1v) is 10.3. The largest absolute Gasteiger partial charge is 0.356 e. The number of hydrogen-bond donors (Lipinski definition) is 1. The SMILES string of the molecule is Cc1nn(CCCNC(=O)CC23CC4CC(CC(C4)C2)C3)c(Cl)c1Cl. The summed E-state index contributed by atoms with van der Waals surface area (Å²) in [6, 6.07) is 0. The van der Waals surface area contributed by atoms with Gasteiger partial charge in [-0.2, -0.15) is 5.10 Å². The number of nitrogens with zero attached hydrogens (tertiary/aromatic N) is 2. The molecule has 138 valence electrons. The van der Waals surface area contributed by atoms with Crippen LogP contribution in [0, 0.1) is 30.1 Å². The van der Waals surface area contributed by atoms with Crippen LogP contribution in [0.15, 0.2) is 0 Å². The van der Waals surface area contributed by atoms with Crippen molar-refractivity contribution < 1.29 is 4.79 Å². The smallest absolute Gasteiger partial charge is 0.220 e. The van der Waals surface area contributed by atoms with Gasteiger partial charge in [-0.3, -0.25) is 9.48 Å². The number of halogens is 2. The van der Waals surface area contributed by atoms with Crippen LogP contribution in [-0.4, -0.2) is 22.2 Å². The van der Waals surface area contributed by atoms with E-state index in [0.29, 0.717) is 28.7 Å². The van der Waals surface area contributed by atoms with Gasteiger partial charge in [0.1, 0.15) is 10.2 Å². The highest BCUT2D eigenvalue weighted by atomic mass is 35.5. The van der Waals surface area contributed by atoms with Crippen LogP contribution in [0.25, 0.3) is 0 Å². The van der Waals surface area contributed by atoms with E-state index >= 15 is 0 Å². The molecule has 4 nitrogen and oxygen atoms in total. The summed E-state index contributed by atoms with van der Waals surface area (Å²) in [7, 11) is 0. The van der Waals surface area contributed by atoms with Gasteiger partial charge in [0.25, 0.3) is 0 Å². The van der Waals surface area contributed by atoms with E-state index in [1.165, 1.54) is 38.5 Å². The van der Waals surface area contributed by atoms with Crippen molar-refractivity contribution in [2.75, 3.05) is 6.54 Å². The Bertz CT molecular complexity index is 635. The maximum atomic E-state index is 12.5. The van der Waals surface area contributed by atoms with Crippen LogP contribution in [0.5, 0.6) is 0 Å². The second-order valence-corrected chi connectivity index (χ2v) is 9.45. The maximum Gasteiger partial charge on any atom is 0.220 e. The zero-order valence-corrected chi connectivity index (χ0v) is 16.4. The van der Waals surface area contributed by atoms with Crippen LogP contribution in [0.4, 0.5) is 0 Å². The van der Waals surface area contributed by atoms with Crippen molar-refractivity contribution in [2.45, 2.75) is 64.8 Å². The summed E-state index contributed by atoms with van der Waals surface area (Å²) in [5.74, 6) is 2.92. The van der Waals surface area contributed by atoms with Crippen LogP contribution in [0.2, 0.25) is 10.2 Å². The molecule has 1 heterocycles. The Balaban J connectivity index is 1.24. The highest BCUT2D eigenvalue weighted by molar-refractivity contribution is 6.41. The van der Waals surface area contributed by atoms with E-state index in [1.54, 1.807) is 4.68 Å². The lowest BCUT2D eigenvalue weighted by atomic mass is 9.49. The number of amides is 1. The fourth-order valence-electron chi connectivity index (χ4n) is 6.05. The molecule has 4 fully saturated rings. The van der Waals surface area contributed by atoms with E-state index in [0.717, 1.165) is 36.3 Å². The number of nitrogens with one attached hydrogen (secondary N) is 1. The molecule has 4 saturated carbocycles. The van der Waals surface area contributed by atoms with Gasteiger partial charge in [-0.15, -0.1) is 0 Å². The van der Waals surface area contributed by atoms with Crippen LogP contribution in [-0.2, 0) is 11.3 Å². The molecule has 1 N–H and O–H groups in total. The van der Waals surface area contributed by atoms with Gasteiger partial charge >= 0.3 is 0 Å². The normalized spacial score (nSPS) is 33.0. The second-order valence-electron chi connectivity index (χ2n) is 8.71. The zero-order valence-electron chi connectivity index (χ0n) is 14.9. The van der Waals surface area contributed by atoms with Crippen molar-refractivity contribution in [1.29, 1.82) is 0 Å². The molecule has 6 heteroatoms. The summed E-state index contributed by atoms with van der Waals surface area (Å²) < 4.78 is 1.71. The molecule has 5 rings (SSSR count). The molecule has 25 heavy (non-hydrogen) atoms. The number of carbonyl (C=O) groups excluding carboxylic acids is 1. The predicted octanol–water partition coefficient (Wildman–Crippen LogP) is 4.61. The fraction of sp³-hybridized carbons (Fsp3) is 0.789. The Labute approximate surface area is 159 Å². The standard InChI is InChI=1S/C19H27Cl2N3O/c1-12-17(20)18(21)24(23-12)4-2-3-22-16(25)11-19-8-13-5-14(9-19)7-15(6-13)10-19/h13-15H,2-11H2,1H3,(H,22,25). The van der Waals surface area contributed by atoms with E-state index in [4.69, 9.17) is 23.2 Å². The Morgan fingerprint density at radius 1 is 1.20 bits per heavy atom. The Morgan fingerprint density at radius 2 is 1.80 bits per heavy atom. The number of carbonyl (C=O) groups is 1. The summed E-state index contributed by atoms with van der Waals surface area (Å²) in [5.41, 5.74) is 1.06. The highest BCUT2D eigenvalue weighted by Gasteiger charge is 2.51. The number of aromatic nitrogens is 2. The molecule has 0 radical (unpaired) electrons. The lowest BCUT2D eigenvalue weighted by Crippen LogP contribution is -2.48. The molecule has 0 aromatic carbocycles. The molecule has 0 spiro atoms. The monoisotopic (exact) mass is 383 g/mol. The molecular formula is C19H27Cl2N3O. The molecule has 4 aliphatic carbocycles. The van der Waals surface area contributed by atoms with Gasteiger partial charge in [0.05, 0.1) is 5.69 Å². The number of rotatable bonds is 6. The van der Waals surface area contributed by atoms with Crippen LogP contribution in [0.3, 0.4) is 0 Å². The predicted molar refractivity (Wildman–Crippen MR) is 99.8 cm³/mol. The minimum absolute atomic E-state index is 0.225. The molecule has 4 bridgehead atoms. The minimum atomic E-state index is 0.225. The van der Waals surface area contributed by atoms with Gasteiger partial charge in [0.2, 0.25) is 5.91 Å². The Hall–Kier alpha value is -0.740. The van der Waals surface area contributed by atoms with Crippen molar-refractivity contribution in [3.05, 3.63) is 15.9 Å². The van der Waals surface area contributed by atoms with Gasteiger partial charge in [0.15, 0.2) is 0 Å². The van der Waals surface area contributed by atoms with Crippen LogP contribution < -0.4 is 5.32 Å². The Kier molecular flexibility index (Phi) is 4.78. The third kappa shape index (κ3) is 3.57. The van der Waals surface area contributed by atoms with Crippen LogP contribution in [0.1, 0.15) is 57.1 Å². The quantitative estimate of drug-likeness (QED) is 0.728. The molecule has 0 aliphatic heterocycles. The molecule has 1 amide bonds. The summed E-state index contributed by atoms with van der Waals surface area (Å²) >= 11 is 12.2. The average Bonchev–Trinajstić information content (AvgIpc) is 2.77. The van der Waals surface area contributed by atoms with Gasteiger partial charge in [0, 0.05) is 19.5 Å². The van der Waals surface area contributed by atoms with Crippen molar-refractivity contribution in [3.8, 4) is 0 Å². The lowest BCUT2D eigenvalue weighted by Gasteiger charge is -2.56. The van der Waals surface area contributed by atoms with Gasteiger partial charge in [-0.25, -0.2) is 0 Å². The number of hydrogen-bond acceptors (Lipinski definition) is 2. The minimum Gasteiger partial charge on any atom is -0.356 e. The van der Waals surface area contributed by atoms with Crippen molar-refractivity contribution >= 4 is 29.1 Å². The van der Waals surface area contributed by atoms with Gasteiger partial charge < -0.3 is 5.32 Å². The molecule has 0 atom stereocenters. The molecule has 4 aliphatic rings. The number of aryl methyl sites for hydroxylation is 2. The summed E-state index contributed by atoms with van der Waals surface area (Å²) in [5, 5.41) is 8.43. The average molecular weight is 384 g/mol. The van der Waals surface area contributed by atoms with E-state index in [1.807, 2.05) is 6.92 Å². The first kappa shape index (κ1) is 17.7. The maximum absolute atomic E-state index is 12.5. The highest BCUT2D eigenvalue weighted by Crippen LogP contribution is 2.61. The molecule has 1 aromatic heterocycles. The van der Waals surface area contributed by atoms with E-state index in [9.17, 15) is 4.79 Å². The third-order valence-electron chi connectivity index (χ3n) is 6.57. The molecule has 0 unspecified atom stereocenters. The Morgan fingerprint density at radius 3 is 2.32 bits per heavy atom. The van der Waals surface area contributed by atoms with Gasteiger partial charge in [-0.05, 0) is 75.0 Å². The van der Waals surface area contributed by atoms with E-state index in [-0.39, 0.29) is 5.91 Å². The lowest BCUT2D eigenvalue weighted by molar-refractivity contribution is -0.129. The van der Waals surface area contributed by atoms with Crippen molar-refractivity contribution in [1.82, 2.24) is 15.1 Å². The summed E-state index contributed by atoms with van der Waals surface area (Å²) in [6.45, 7) is 3.18. The van der Waals surface area contributed by atoms with E-state index in [2.05, 4.69) is 10.4 Å². The summed E-state index contributed by atoms with van der Waals surface area (Å²) in [6.07, 6.45) is 9.66. The molecule has 0 saturated heterocycles. The molecular weight excluding hydrogens is 357 g/mol. The summed E-state index contributed by atoms with van der Waals surface area (Å²) in [4.78, 5) is 12.5. The topological polar surface area (TPSA) is 46.9 Å². The molecule has 1 aromatic rings. The third-order valence-corrected chi connectivity index (χ3v) is 7.50. The first-order chi connectivity index (χ1) is 11.9. The zero-order chi connectivity index (χ0) is 17.6.